The van der Waals surface area contributed by atoms with Crippen LogP contribution in [0.5, 0.6) is 0 Å². The molecule has 0 spiro atoms. The van der Waals surface area contributed by atoms with Crippen molar-refractivity contribution >= 4 is 27.8 Å². The molecule has 0 bridgehead atoms. The highest BCUT2D eigenvalue weighted by Crippen LogP contribution is 2.35. The molecule has 10 heteroatoms. The molecule has 2 aliphatic heterocycles. The molecule has 6 rings (SSSR count). The lowest BCUT2D eigenvalue weighted by Gasteiger charge is -2.49. The predicted molar refractivity (Wildman–Crippen MR) is 156 cm³/mol. The van der Waals surface area contributed by atoms with Crippen molar-refractivity contribution in [2.24, 2.45) is 7.05 Å². The second-order valence-corrected chi connectivity index (χ2v) is 11.1. The van der Waals surface area contributed by atoms with Gasteiger partial charge in [0.1, 0.15) is 11.7 Å². The number of piperazine rings is 1. The number of rotatable bonds is 7. The van der Waals surface area contributed by atoms with Crippen molar-refractivity contribution in [1.82, 2.24) is 29.2 Å². The lowest BCUT2D eigenvalue weighted by Crippen LogP contribution is -2.60. The van der Waals surface area contributed by atoms with Crippen LogP contribution < -0.4 is 10.5 Å². The van der Waals surface area contributed by atoms with Gasteiger partial charge in [0.05, 0.1) is 41.1 Å². The first-order valence-electron chi connectivity index (χ1n) is 14.4. The molecule has 0 amide bonds. The Hall–Kier alpha value is -3.34. The number of aromatic nitrogens is 5. The fraction of sp³-hybridized carbons (Fsp3) is 0.533. The Balaban J connectivity index is 1.36. The number of benzene rings is 1. The van der Waals surface area contributed by atoms with Gasteiger partial charge < -0.3 is 18.9 Å². The molecule has 0 N–H and O–H groups in total. The van der Waals surface area contributed by atoms with Gasteiger partial charge in [-0.1, -0.05) is 13.0 Å². The standard InChI is InChI=1S/C30H39N7O3/c1-5-22-16-36(26-15-28(38)34(3)27-18-37(33-30(26)27)29-8-6-7-13-40-29)23(19-39-4)17-35(22)20(2)21-9-10-24-25(14-21)32-12-11-31-24/h9-12,14-15,18,20,22-23,29H,5-8,13,16-17,19H2,1-4H3/t20?,22-,23-,29?/m1/s1. The molecule has 2 unspecified atom stereocenters. The van der Waals surface area contributed by atoms with Gasteiger partial charge in [-0.25, -0.2) is 4.68 Å². The summed E-state index contributed by atoms with van der Waals surface area (Å²) in [6, 6.07) is 8.64. The lowest BCUT2D eigenvalue weighted by atomic mass is 9.97. The maximum absolute atomic E-state index is 13.2. The van der Waals surface area contributed by atoms with Crippen molar-refractivity contribution in [3.8, 4) is 0 Å². The molecule has 2 fully saturated rings. The average molecular weight is 546 g/mol. The van der Waals surface area contributed by atoms with Crippen molar-refractivity contribution in [3.05, 3.63) is 58.8 Å². The van der Waals surface area contributed by atoms with Gasteiger partial charge in [0.15, 0.2) is 0 Å². The SMILES string of the molecule is CC[C@@H]1CN(c2cc(=O)n(C)c3cn(C4CCCCO4)nc23)[C@@H](COC)CN1C(C)c1ccc2nccnc2c1. The van der Waals surface area contributed by atoms with Crippen LogP contribution in [0.15, 0.2) is 47.7 Å². The predicted octanol–water partition coefficient (Wildman–Crippen LogP) is 4.05. The molecular weight excluding hydrogens is 506 g/mol. The first kappa shape index (κ1) is 26.9. The van der Waals surface area contributed by atoms with E-state index in [0.717, 1.165) is 73.1 Å². The number of aryl methyl sites for hydroxylation is 1. The molecule has 2 saturated heterocycles. The largest absolute Gasteiger partial charge is 0.383 e. The number of fused-ring (bicyclic) bond motifs is 2. The van der Waals surface area contributed by atoms with E-state index < -0.39 is 0 Å². The molecule has 4 atom stereocenters. The summed E-state index contributed by atoms with van der Waals surface area (Å²) in [5.41, 5.74) is 5.53. The van der Waals surface area contributed by atoms with Crippen LogP contribution in [-0.2, 0) is 16.5 Å². The summed E-state index contributed by atoms with van der Waals surface area (Å²) in [4.78, 5) is 27.1. The molecule has 40 heavy (non-hydrogen) atoms. The Morgan fingerprint density at radius 1 is 1.10 bits per heavy atom. The van der Waals surface area contributed by atoms with E-state index in [1.165, 1.54) is 5.56 Å². The zero-order valence-corrected chi connectivity index (χ0v) is 23.9. The third-order valence-corrected chi connectivity index (χ3v) is 8.71. The van der Waals surface area contributed by atoms with Crippen molar-refractivity contribution in [2.75, 3.05) is 38.3 Å². The van der Waals surface area contributed by atoms with E-state index in [2.05, 4.69) is 51.8 Å². The first-order valence-corrected chi connectivity index (χ1v) is 14.4. The minimum Gasteiger partial charge on any atom is -0.383 e. The summed E-state index contributed by atoms with van der Waals surface area (Å²) in [5, 5.41) is 5.01. The second kappa shape index (κ2) is 11.3. The van der Waals surface area contributed by atoms with E-state index in [4.69, 9.17) is 14.6 Å². The van der Waals surface area contributed by atoms with Gasteiger partial charge in [-0.2, -0.15) is 5.10 Å². The third kappa shape index (κ3) is 4.88. The van der Waals surface area contributed by atoms with Gasteiger partial charge >= 0.3 is 0 Å². The second-order valence-electron chi connectivity index (χ2n) is 11.1. The van der Waals surface area contributed by atoms with Gasteiger partial charge in [-0.3, -0.25) is 19.7 Å². The smallest absolute Gasteiger partial charge is 0.252 e. The van der Waals surface area contributed by atoms with E-state index in [0.29, 0.717) is 6.61 Å². The first-order chi connectivity index (χ1) is 19.5. The maximum atomic E-state index is 13.2. The molecule has 2 aliphatic rings. The summed E-state index contributed by atoms with van der Waals surface area (Å²) in [6.45, 7) is 7.37. The van der Waals surface area contributed by atoms with Crippen LogP contribution in [0.1, 0.15) is 57.4 Å². The molecule has 1 aromatic carbocycles. The molecular formula is C30H39N7O3. The summed E-state index contributed by atoms with van der Waals surface area (Å²) >= 11 is 0. The summed E-state index contributed by atoms with van der Waals surface area (Å²) in [6.07, 6.45) is 9.45. The van der Waals surface area contributed by atoms with Crippen molar-refractivity contribution < 1.29 is 9.47 Å². The molecule has 0 aliphatic carbocycles. The monoisotopic (exact) mass is 545 g/mol. The molecule has 4 aromatic rings. The van der Waals surface area contributed by atoms with Gasteiger partial charge in [0.2, 0.25) is 0 Å². The quantitative estimate of drug-likeness (QED) is 0.344. The average Bonchev–Trinajstić information content (AvgIpc) is 3.45. The highest BCUT2D eigenvalue weighted by molar-refractivity contribution is 5.88. The summed E-state index contributed by atoms with van der Waals surface area (Å²) in [5.74, 6) is 0. The molecule has 10 nitrogen and oxygen atoms in total. The van der Waals surface area contributed by atoms with E-state index >= 15 is 0 Å². The summed E-state index contributed by atoms with van der Waals surface area (Å²) in [7, 11) is 3.56. The fourth-order valence-corrected chi connectivity index (χ4v) is 6.38. The molecule has 5 heterocycles. The Morgan fingerprint density at radius 2 is 1.93 bits per heavy atom. The molecule has 212 valence electrons. The van der Waals surface area contributed by atoms with E-state index in [9.17, 15) is 4.79 Å². The Bertz CT molecular complexity index is 1540. The van der Waals surface area contributed by atoms with Crippen LogP contribution in [0.25, 0.3) is 22.1 Å². The zero-order chi connectivity index (χ0) is 27.8. The van der Waals surface area contributed by atoms with Gasteiger partial charge in [0, 0.05) is 64.4 Å². The molecule has 0 saturated carbocycles. The van der Waals surface area contributed by atoms with Crippen molar-refractivity contribution in [2.45, 2.75) is 63.9 Å². The number of nitrogens with zero attached hydrogens (tertiary/aromatic N) is 7. The highest BCUT2D eigenvalue weighted by Gasteiger charge is 2.37. The topological polar surface area (TPSA) is 90.5 Å². The normalized spacial score (nSPS) is 23.2. The van der Waals surface area contributed by atoms with Gasteiger partial charge in [-0.15, -0.1) is 0 Å². The van der Waals surface area contributed by atoms with Crippen LogP contribution in [0, 0.1) is 0 Å². The highest BCUT2D eigenvalue weighted by atomic mass is 16.5. The minimum atomic E-state index is -0.0911. The van der Waals surface area contributed by atoms with E-state index in [1.807, 2.05) is 17.9 Å². The van der Waals surface area contributed by atoms with Crippen LogP contribution in [0.2, 0.25) is 0 Å². The van der Waals surface area contributed by atoms with E-state index in [-0.39, 0.29) is 29.9 Å². The van der Waals surface area contributed by atoms with Gasteiger partial charge in [0.25, 0.3) is 5.56 Å². The van der Waals surface area contributed by atoms with Crippen LogP contribution >= 0.6 is 0 Å². The number of methoxy groups -OCH3 is 1. The van der Waals surface area contributed by atoms with Crippen LogP contribution in [0.4, 0.5) is 5.69 Å². The number of pyridine rings is 1. The van der Waals surface area contributed by atoms with E-state index in [1.54, 1.807) is 30.1 Å². The molecule has 0 radical (unpaired) electrons. The molecule has 3 aromatic heterocycles. The number of ether oxygens (including phenoxy) is 2. The van der Waals surface area contributed by atoms with Crippen LogP contribution in [-0.4, -0.2) is 74.7 Å². The Labute approximate surface area is 234 Å². The van der Waals surface area contributed by atoms with Gasteiger partial charge in [-0.05, 0) is 50.3 Å². The maximum Gasteiger partial charge on any atom is 0.252 e. The Kier molecular flexibility index (Phi) is 7.57. The minimum absolute atomic E-state index is 0.0381. The number of anilines is 1. The third-order valence-electron chi connectivity index (χ3n) is 8.71. The fourth-order valence-electron chi connectivity index (χ4n) is 6.38. The van der Waals surface area contributed by atoms with Crippen molar-refractivity contribution in [1.29, 1.82) is 0 Å². The number of hydrogen-bond donors (Lipinski definition) is 0. The summed E-state index contributed by atoms with van der Waals surface area (Å²) < 4.78 is 15.4. The van der Waals surface area contributed by atoms with Crippen LogP contribution in [0.3, 0.4) is 0 Å². The number of hydrogen-bond acceptors (Lipinski definition) is 8. The zero-order valence-electron chi connectivity index (χ0n) is 23.9. The Morgan fingerprint density at radius 3 is 2.67 bits per heavy atom. The van der Waals surface area contributed by atoms with Crippen molar-refractivity contribution in [3.63, 3.8) is 0 Å². The lowest BCUT2D eigenvalue weighted by molar-refractivity contribution is -0.0390.